The largest absolute Gasteiger partial charge is 0.491 e. The van der Waals surface area contributed by atoms with Gasteiger partial charge >= 0.3 is 0 Å². The summed E-state index contributed by atoms with van der Waals surface area (Å²) in [5.41, 5.74) is 2.11. The normalized spacial score (nSPS) is 11.9. The molecule has 0 aromatic heterocycles. The van der Waals surface area contributed by atoms with Crippen molar-refractivity contribution in [2.24, 2.45) is 0 Å². The molecule has 0 saturated carbocycles. The first-order valence-corrected chi connectivity index (χ1v) is 11.7. The molecule has 0 heterocycles. The second-order valence-electron chi connectivity index (χ2n) is 8.20. The van der Waals surface area contributed by atoms with Crippen molar-refractivity contribution in [1.82, 2.24) is 0 Å². The molecule has 0 aliphatic rings. The van der Waals surface area contributed by atoms with Crippen LogP contribution in [0.5, 0.6) is 11.5 Å². The fourth-order valence-corrected chi connectivity index (χ4v) is 3.72. The Morgan fingerprint density at radius 2 is 1.47 bits per heavy atom. The van der Waals surface area contributed by atoms with Crippen LogP contribution < -0.4 is 9.47 Å². The van der Waals surface area contributed by atoms with E-state index in [-0.39, 0.29) is 42.3 Å². The van der Waals surface area contributed by atoms with Gasteiger partial charge in [-0.2, -0.15) is 4.39 Å². The third-order valence-corrected chi connectivity index (χ3v) is 5.56. The highest BCUT2D eigenvalue weighted by molar-refractivity contribution is 5.66. The number of halogens is 4. The van der Waals surface area contributed by atoms with Gasteiger partial charge in [0.05, 0.1) is 6.61 Å². The first-order valence-electron chi connectivity index (χ1n) is 11.7. The number of alkyl halides is 1. The lowest BCUT2D eigenvalue weighted by molar-refractivity contribution is 0.190. The van der Waals surface area contributed by atoms with Crippen molar-refractivity contribution in [2.45, 2.75) is 52.1 Å². The van der Waals surface area contributed by atoms with E-state index >= 15 is 0 Å². The van der Waals surface area contributed by atoms with Crippen LogP contribution in [0.2, 0.25) is 0 Å². The molecule has 3 aromatic carbocycles. The van der Waals surface area contributed by atoms with E-state index in [4.69, 9.17) is 9.47 Å². The van der Waals surface area contributed by atoms with Gasteiger partial charge in [-0.05, 0) is 60.7 Å². The van der Waals surface area contributed by atoms with Gasteiger partial charge in [-0.25, -0.2) is 13.2 Å². The van der Waals surface area contributed by atoms with Crippen molar-refractivity contribution >= 4 is 0 Å². The zero-order chi connectivity index (χ0) is 24.5. The molecule has 0 N–H and O–H groups in total. The van der Waals surface area contributed by atoms with Gasteiger partial charge in [-0.3, -0.25) is 0 Å². The molecule has 3 aromatic rings. The van der Waals surface area contributed by atoms with E-state index in [0.29, 0.717) is 0 Å². The molecular formula is C28H30F4O2. The fourth-order valence-electron chi connectivity index (χ4n) is 3.72. The number of ether oxygens (including phenoxy) is 2. The number of benzene rings is 3. The highest BCUT2D eigenvalue weighted by Gasteiger charge is 2.17. The Bertz CT molecular complexity index is 1070. The molecule has 3 rings (SSSR count). The lowest BCUT2D eigenvalue weighted by Crippen LogP contribution is -2.16. The van der Waals surface area contributed by atoms with Crippen molar-refractivity contribution in [3.05, 3.63) is 83.2 Å². The Morgan fingerprint density at radius 3 is 2.15 bits per heavy atom. The Morgan fingerprint density at radius 1 is 0.765 bits per heavy atom. The average Bonchev–Trinajstić information content (AvgIpc) is 2.83. The predicted molar refractivity (Wildman–Crippen MR) is 127 cm³/mol. The molecule has 0 spiro atoms. The van der Waals surface area contributed by atoms with E-state index < -0.39 is 23.6 Å². The van der Waals surface area contributed by atoms with E-state index in [1.54, 1.807) is 6.92 Å². The lowest BCUT2D eigenvalue weighted by Gasteiger charge is -2.13. The summed E-state index contributed by atoms with van der Waals surface area (Å²) in [6, 6.07) is 14.2. The minimum Gasteiger partial charge on any atom is -0.491 e. The Hall–Kier alpha value is -3.02. The van der Waals surface area contributed by atoms with E-state index in [0.717, 1.165) is 24.5 Å². The summed E-state index contributed by atoms with van der Waals surface area (Å²) >= 11 is 0. The molecule has 182 valence electrons. The Balaban J connectivity index is 1.58. The Labute approximate surface area is 198 Å². The third kappa shape index (κ3) is 6.75. The average molecular weight is 475 g/mol. The highest BCUT2D eigenvalue weighted by Crippen LogP contribution is 2.32. The quantitative estimate of drug-likeness (QED) is 0.196. The van der Waals surface area contributed by atoms with Gasteiger partial charge in [-0.15, -0.1) is 0 Å². The summed E-state index contributed by atoms with van der Waals surface area (Å²) in [5, 5.41) is 0. The third-order valence-electron chi connectivity index (χ3n) is 5.56. The predicted octanol–water partition coefficient (Wildman–Crippen LogP) is 7.86. The summed E-state index contributed by atoms with van der Waals surface area (Å²) in [6.45, 7) is 3.69. The minimum absolute atomic E-state index is 0.104. The topological polar surface area (TPSA) is 18.5 Å². The van der Waals surface area contributed by atoms with Crippen molar-refractivity contribution in [3.8, 4) is 22.6 Å². The van der Waals surface area contributed by atoms with Crippen LogP contribution in [0.25, 0.3) is 11.1 Å². The number of hydrogen-bond donors (Lipinski definition) is 0. The van der Waals surface area contributed by atoms with Crippen LogP contribution >= 0.6 is 0 Å². The molecule has 34 heavy (non-hydrogen) atoms. The smallest absolute Gasteiger partial charge is 0.201 e. The van der Waals surface area contributed by atoms with Gasteiger partial charge in [0.15, 0.2) is 23.1 Å². The van der Waals surface area contributed by atoms with Crippen LogP contribution in [0.4, 0.5) is 17.6 Å². The monoisotopic (exact) mass is 474 g/mol. The minimum atomic E-state index is -1.32. The van der Waals surface area contributed by atoms with E-state index in [1.165, 1.54) is 42.7 Å². The van der Waals surface area contributed by atoms with Crippen LogP contribution in [-0.4, -0.2) is 19.4 Å². The molecule has 0 amide bonds. The molecule has 0 saturated heterocycles. The summed E-state index contributed by atoms with van der Waals surface area (Å²) in [6.07, 6.45) is 3.35. The van der Waals surface area contributed by atoms with Crippen LogP contribution in [0.15, 0.2) is 54.6 Å². The van der Waals surface area contributed by atoms with Crippen molar-refractivity contribution in [1.29, 1.82) is 0 Å². The van der Waals surface area contributed by atoms with Crippen molar-refractivity contribution < 1.29 is 27.0 Å². The first kappa shape index (κ1) is 25.6. The molecule has 0 aliphatic carbocycles. The number of unbranched alkanes of at least 4 members (excludes halogenated alkanes) is 2. The lowest BCUT2D eigenvalue weighted by atomic mass is 10.0. The highest BCUT2D eigenvalue weighted by atomic mass is 19.2. The maximum absolute atomic E-state index is 14.5. The summed E-state index contributed by atoms with van der Waals surface area (Å²) in [4.78, 5) is 0. The fraction of sp³-hybridized carbons (Fsp3) is 0.357. The molecule has 1 unspecified atom stereocenters. The van der Waals surface area contributed by atoms with Crippen LogP contribution in [0.1, 0.15) is 44.2 Å². The standard InChI is InChI=1S/C28H30F4O2/c1-3-5-6-7-19-8-10-20(11-9-19)16-22(29)18-34-25-14-12-21(17-24(25)30)23-13-15-26(33-4-2)28(32)27(23)31/h8-15,17,22H,3-7,16,18H2,1-2H3. The summed E-state index contributed by atoms with van der Waals surface area (Å²) in [7, 11) is 0. The summed E-state index contributed by atoms with van der Waals surface area (Å²) in [5.74, 6) is -3.39. The maximum Gasteiger partial charge on any atom is 0.201 e. The van der Waals surface area contributed by atoms with Crippen LogP contribution in [0, 0.1) is 17.5 Å². The number of hydrogen-bond acceptors (Lipinski definition) is 2. The van der Waals surface area contributed by atoms with E-state index in [9.17, 15) is 17.6 Å². The molecule has 0 fully saturated rings. The van der Waals surface area contributed by atoms with Crippen molar-refractivity contribution in [2.75, 3.05) is 13.2 Å². The molecule has 0 bridgehead atoms. The molecular weight excluding hydrogens is 444 g/mol. The molecule has 6 heteroatoms. The van der Waals surface area contributed by atoms with E-state index in [2.05, 4.69) is 6.92 Å². The number of aryl methyl sites for hydroxylation is 1. The zero-order valence-electron chi connectivity index (χ0n) is 19.6. The summed E-state index contributed by atoms with van der Waals surface area (Å²) < 4.78 is 67.9. The second kappa shape index (κ2) is 12.4. The van der Waals surface area contributed by atoms with Gasteiger partial charge in [0.25, 0.3) is 0 Å². The van der Waals surface area contributed by atoms with E-state index in [1.807, 2.05) is 24.3 Å². The molecule has 2 nitrogen and oxygen atoms in total. The van der Waals surface area contributed by atoms with Gasteiger partial charge < -0.3 is 9.47 Å². The van der Waals surface area contributed by atoms with Crippen LogP contribution in [-0.2, 0) is 12.8 Å². The first-order chi connectivity index (χ1) is 16.4. The SMILES string of the molecule is CCCCCc1ccc(CC(F)COc2ccc(-c3ccc(OCC)c(F)c3F)cc2F)cc1. The molecule has 0 aliphatic heterocycles. The maximum atomic E-state index is 14.5. The molecule has 0 radical (unpaired) electrons. The second-order valence-corrected chi connectivity index (χ2v) is 8.20. The van der Waals surface area contributed by atoms with Gasteiger partial charge in [0.2, 0.25) is 5.82 Å². The number of rotatable bonds is 12. The van der Waals surface area contributed by atoms with Gasteiger partial charge in [0.1, 0.15) is 12.8 Å². The van der Waals surface area contributed by atoms with Gasteiger partial charge in [-0.1, -0.05) is 50.1 Å². The zero-order valence-corrected chi connectivity index (χ0v) is 19.6. The Kier molecular flexibility index (Phi) is 9.37. The molecule has 1 atom stereocenters. The van der Waals surface area contributed by atoms with Crippen LogP contribution in [0.3, 0.4) is 0 Å². The van der Waals surface area contributed by atoms with Crippen molar-refractivity contribution in [3.63, 3.8) is 0 Å². The van der Waals surface area contributed by atoms with Gasteiger partial charge in [0, 0.05) is 12.0 Å².